The number of para-hydroxylation sites is 2. The number of hydrogen-bond donors (Lipinski definition) is 0. The molecule has 0 radical (unpaired) electrons. The number of hydrogen-bond acceptors (Lipinski definition) is 3. The molecule has 0 bridgehead atoms. The number of fused-ring (bicyclic) bond motifs is 8. The van der Waals surface area contributed by atoms with Crippen molar-refractivity contribution in [1.82, 2.24) is 14.5 Å². The van der Waals surface area contributed by atoms with Crippen LogP contribution in [0.1, 0.15) is 37.7 Å². The minimum absolute atomic E-state index is 0.193. The summed E-state index contributed by atoms with van der Waals surface area (Å²) in [4.78, 5) is 11.4. The van der Waals surface area contributed by atoms with Gasteiger partial charge in [0.15, 0.2) is 5.82 Å². The topological polar surface area (TPSA) is 30.7 Å². The molecule has 8 rings (SSSR count). The van der Waals surface area contributed by atoms with E-state index in [9.17, 15) is 0 Å². The molecule has 42 heavy (non-hydrogen) atoms. The number of allylic oxidation sites excluding steroid dienone is 5. The van der Waals surface area contributed by atoms with Crippen LogP contribution < -0.4 is 0 Å². The Balaban J connectivity index is 1.43. The molecule has 3 aromatic heterocycles. The maximum Gasteiger partial charge on any atom is 0.160 e. The third kappa shape index (κ3) is 3.39. The minimum Gasteiger partial charge on any atom is -0.300 e. The van der Waals surface area contributed by atoms with Crippen molar-refractivity contribution in [2.45, 2.75) is 26.2 Å². The van der Waals surface area contributed by atoms with Crippen molar-refractivity contribution in [1.29, 1.82) is 0 Å². The van der Waals surface area contributed by atoms with Crippen molar-refractivity contribution >= 4 is 59.0 Å². The average molecular weight is 560 g/mol. The zero-order valence-electron chi connectivity index (χ0n) is 23.8. The number of nitrogens with zero attached hydrogens (tertiary/aromatic N) is 3. The Kier molecular flexibility index (Phi) is 5.41. The summed E-state index contributed by atoms with van der Waals surface area (Å²) in [5, 5.41) is 5.07. The molecule has 0 N–H and O–H groups in total. The molecular weight excluding hydrogens is 531 g/mol. The highest BCUT2D eigenvalue weighted by Gasteiger charge is 2.36. The smallest absolute Gasteiger partial charge is 0.160 e. The third-order valence-electron chi connectivity index (χ3n) is 8.67. The molecule has 0 atom stereocenters. The lowest BCUT2D eigenvalue weighted by atomic mass is 9.74. The van der Waals surface area contributed by atoms with Gasteiger partial charge in [0.05, 0.1) is 22.4 Å². The first-order valence-electron chi connectivity index (χ1n) is 14.3. The van der Waals surface area contributed by atoms with E-state index in [0.717, 1.165) is 27.7 Å². The van der Waals surface area contributed by atoms with Gasteiger partial charge in [-0.15, -0.1) is 11.3 Å². The number of rotatable bonds is 4. The molecule has 0 fully saturated rings. The van der Waals surface area contributed by atoms with Crippen molar-refractivity contribution < 1.29 is 0 Å². The highest BCUT2D eigenvalue weighted by molar-refractivity contribution is 7.25. The Morgan fingerprint density at radius 3 is 2.48 bits per heavy atom. The van der Waals surface area contributed by atoms with E-state index in [1.165, 1.54) is 48.0 Å². The number of benzene rings is 4. The maximum absolute atomic E-state index is 5.17. The lowest BCUT2D eigenvalue weighted by molar-refractivity contribution is 0.630. The zero-order valence-corrected chi connectivity index (χ0v) is 24.7. The second-order valence-electron chi connectivity index (χ2n) is 11.4. The van der Waals surface area contributed by atoms with Crippen molar-refractivity contribution in [2.24, 2.45) is 0 Å². The van der Waals surface area contributed by atoms with Crippen LogP contribution in [-0.4, -0.2) is 14.5 Å². The van der Waals surface area contributed by atoms with Gasteiger partial charge in [0.2, 0.25) is 0 Å². The first-order valence-corrected chi connectivity index (χ1v) is 15.2. The molecule has 0 amide bonds. The van der Waals surface area contributed by atoms with E-state index < -0.39 is 0 Å². The molecule has 1 aliphatic heterocycles. The van der Waals surface area contributed by atoms with Crippen LogP contribution >= 0.6 is 11.3 Å². The van der Waals surface area contributed by atoms with Gasteiger partial charge in [-0.25, -0.2) is 9.97 Å². The minimum atomic E-state index is -0.193. The molecule has 7 aromatic rings. The second-order valence-corrected chi connectivity index (χ2v) is 12.5. The normalized spacial score (nSPS) is 14.4. The van der Waals surface area contributed by atoms with Crippen LogP contribution in [0.5, 0.6) is 0 Å². The molecule has 4 heteroatoms. The Morgan fingerprint density at radius 2 is 1.64 bits per heavy atom. The summed E-state index contributed by atoms with van der Waals surface area (Å²) in [6.07, 6.45) is 7.81. The first kappa shape index (κ1) is 25.0. The van der Waals surface area contributed by atoms with Crippen molar-refractivity contribution in [3.05, 3.63) is 133 Å². The van der Waals surface area contributed by atoms with Gasteiger partial charge in [-0.05, 0) is 42.3 Å². The van der Waals surface area contributed by atoms with Crippen molar-refractivity contribution in [2.75, 3.05) is 0 Å². The van der Waals surface area contributed by atoms with Gasteiger partial charge < -0.3 is 4.57 Å². The monoisotopic (exact) mass is 559 g/mol. The van der Waals surface area contributed by atoms with Gasteiger partial charge in [-0.3, -0.25) is 0 Å². The average Bonchev–Trinajstić information content (AvgIpc) is 3.54. The van der Waals surface area contributed by atoms with E-state index in [2.05, 4.69) is 104 Å². The summed E-state index contributed by atoms with van der Waals surface area (Å²) in [6, 6.07) is 30.8. The van der Waals surface area contributed by atoms with E-state index in [4.69, 9.17) is 9.97 Å². The number of thiophene rings is 1. The van der Waals surface area contributed by atoms with Crippen LogP contribution in [0.15, 0.2) is 116 Å². The Bertz CT molecular complexity index is 2310. The van der Waals surface area contributed by atoms with Gasteiger partial charge >= 0.3 is 0 Å². The molecular formula is C38H29N3S. The van der Waals surface area contributed by atoms with Gasteiger partial charge in [0.25, 0.3) is 0 Å². The van der Waals surface area contributed by atoms with Crippen LogP contribution in [0.3, 0.4) is 0 Å². The molecule has 4 heterocycles. The lowest BCUT2D eigenvalue weighted by Gasteiger charge is -2.35. The quantitative estimate of drug-likeness (QED) is 0.201. The molecule has 0 unspecified atom stereocenters. The van der Waals surface area contributed by atoms with Gasteiger partial charge in [0, 0.05) is 42.8 Å². The second kappa shape index (κ2) is 9.10. The fourth-order valence-electron chi connectivity index (χ4n) is 6.73. The molecule has 0 spiro atoms. The van der Waals surface area contributed by atoms with Crippen LogP contribution in [-0.2, 0) is 5.41 Å². The maximum atomic E-state index is 5.17. The molecule has 0 saturated carbocycles. The summed E-state index contributed by atoms with van der Waals surface area (Å²) in [6.45, 7) is 10.6. The first-order chi connectivity index (χ1) is 20.5. The van der Waals surface area contributed by atoms with E-state index in [1.807, 2.05) is 42.6 Å². The molecule has 0 saturated heterocycles. The molecule has 0 aliphatic carbocycles. The van der Waals surface area contributed by atoms with Crippen LogP contribution in [0.4, 0.5) is 0 Å². The van der Waals surface area contributed by atoms with Crippen molar-refractivity contribution in [3.8, 4) is 16.9 Å². The van der Waals surface area contributed by atoms with E-state index in [-0.39, 0.29) is 5.41 Å². The largest absolute Gasteiger partial charge is 0.300 e. The molecule has 1 aliphatic rings. The summed E-state index contributed by atoms with van der Waals surface area (Å²) in [5.41, 5.74) is 8.94. The molecule has 3 nitrogen and oxygen atoms in total. The van der Waals surface area contributed by atoms with Crippen LogP contribution in [0.2, 0.25) is 0 Å². The van der Waals surface area contributed by atoms with E-state index in [1.54, 1.807) is 6.08 Å². The van der Waals surface area contributed by atoms with Crippen LogP contribution in [0, 0.1) is 0 Å². The summed E-state index contributed by atoms with van der Waals surface area (Å²) in [7, 11) is 0. The predicted octanol–water partition coefficient (Wildman–Crippen LogP) is 10.4. The van der Waals surface area contributed by atoms with Crippen molar-refractivity contribution in [3.63, 3.8) is 0 Å². The fourth-order valence-corrected chi connectivity index (χ4v) is 7.97. The SMILES string of the molecule is C=C/C=C(\C=C/C)c1nc(-c2ccc3c(c2)C(C)(C)c2cccc4c5c6ccccc6sc5n-3c24)c2ccccc2n1. The Labute approximate surface area is 248 Å². The van der Waals surface area contributed by atoms with Gasteiger partial charge in [-0.1, -0.05) is 105 Å². The summed E-state index contributed by atoms with van der Waals surface area (Å²) < 4.78 is 3.83. The van der Waals surface area contributed by atoms with Gasteiger partial charge in [-0.2, -0.15) is 0 Å². The Hall–Kier alpha value is -4.80. The van der Waals surface area contributed by atoms with E-state index in [0.29, 0.717) is 5.82 Å². The highest BCUT2D eigenvalue weighted by Crippen LogP contribution is 2.51. The van der Waals surface area contributed by atoms with Gasteiger partial charge in [0.1, 0.15) is 4.83 Å². The molecule has 4 aromatic carbocycles. The fraction of sp³-hybridized carbons (Fsp3) is 0.105. The summed E-state index contributed by atoms with van der Waals surface area (Å²) in [5.74, 6) is 0.697. The van der Waals surface area contributed by atoms with Crippen LogP contribution in [0.25, 0.3) is 64.6 Å². The highest BCUT2D eigenvalue weighted by atomic mass is 32.1. The van der Waals surface area contributed by atoms with E-state index >= 15 is 0 Å². The standard InChI is InChI=1S/C38H29N3S/c1-5-12-23(13-6-2)36-39-30-18-9-7-14-25(30)34(40-36)24-20-21-31-29(22-24)38(3,4)28-17-11-16-27-33-26-15-8-10-19-32(26)42-37(33)41(31)35(27)28/h5-22H,1H2,2-4H3/b13-6-,23-12+. The Morgan fingerprint density at radius 1 is 0.857 bits per heavy atom. The predicted molar refractivity (Wildman–Crippen MR) is 180 cm³/mol. The lowest BCUT2D eigenvalue weighted by Crippen LogP contribution is -2.26. The zero-order chi connectivity index (χ0) is 28.6. The molecule has 202 valence electrons. The third-order valence-corrected chi connectivity index (χ3v) is 9.83. The summed E-state index contributed by atoms with van der Waals surface area (Å²) >= 11 is 1.88. The number of aromatic nitrogens is 3.